The van der Waals surface area contributed by atoms with Gasteiger partial charge in [-0.3, -0.25) is 28.8 Å². The number of rotatable bonds is 11. The van der Waals surface area contributed by atoms with Gasteiger partial charge in [0.25, 0.3) is 11.5 Å². The van der Waals surface area contributed by atoms with Crippen molar-refractivity contribution in [2.75, 3.05) is 38.7 Å². The van der Waals surface area contributed by atoms with E-state index in [9.17, 15) is 18.8 Å². The van der Waals surface area contributed by atoms with E-state index in [0.29, 0.717) is 40.7 Å². The fourth-order valence-corrected chi connectivity index (χ4v) is 5.70. The van der Waals surface area contributed by atoms with Gasteiger partial charge in [0.05, 0.1) is 31.5 Å². The summed E-state index contributed by atoms with van der Waals surface area (Å²) in [6.07, 6.45) is 4.70. The van der Waals surface area contributed by atoms with Crippen LogP contribution in [0.1, 0.15) is 23.2 Å². The zero-order valence-corrected chi connectivity index (χ0v) is 26.5. The normalized spacial score (nSPS) is 13.6. The number of amides is 2. The fraction of sp³-hybridized carbons (Fsp3) is 0.222. The maximum Gasteiger partial charge on any atom is 0.267 e. The maximum absolute atomic E-state index is 15.3. The van der Waals surface area contributed by atoms with Gasteiger partial charge in [0.1, 0.15) is 17.1 Å². The fourth-order valence-electron chi connectivity index (χ4n) is 5.70. The number of hydrogen-bond acceptors (Lipinski definition) is 8. The third-order valence-corrected chi connectivity index (χ3v) is 8.24. The topological polar surface area (TPSA) is 138 Å². The molecule has 0 bridgehead atoms. The Balaban J connectivity index is 1.14. The number of pyridine rings is 2. The number of halogens is 2. The van der Waals surface area contributed by atoms with Crippen LogP contribution in [-0.2, 0) is 4.79 Å². The SMILES string of the molecule is COc1cc2c(Oc3ccc(NC(=O)c4cccn(-c5cccc(F)c5)c4=O)cc3F)ccnc2cc1OCC1CCN(CC(N)=O)CC1. The van der Waals surface area contributed by atoms with Crippen molar-refractivity contribution in [3.05, 3.63) is 113 Å². The number of ether oxygens (including phenoxy) is 3. The number of methoxy groups -OCH3 is 1. The van der Waals surface area contributed by atoms with Crippen molar-refractivity contribution in [2.24, 2.45) is 11.7 Å². The Morgan fingerprint density at radius 1 is 0.959 bits per heavy atom. The third-order valence-electron chi connectivity index (χ3n) is 8.24. The average Bonchev–Trinajstić information content (AvgIpc) is 3.08. The van der Waals surface area contributed by atoms with Crippen molar-refractivity contribution in [3.8, 4) is 28.7 Å². The molecule has 2 amide bonds. The van der Waals surface area contributed by atoms with Crippen LogP contribution in [0.2, 0.25) is 0 Å². The Labute approximate surface area is 279 Å². The van der Waals surface area contributed by atoms with Crippen LogP contribution >= 0.6 is 0 Å². The Morgan fingerprint density at radius 3 is 2.51 bits per heavy atom. The Morgan fingerprint density at radius 2 is 1.78 bits per heavy atom. The summed E-state index contributed by atoms with van der Waals surface area (Å²) in [5, 5.41) is 3.09. The second kappa shape index (κ2) is 14.5. The van der Waals surface area contributed by atoms with Crippen molar-refractivity contribution in [3.63, 3.8) is 0 Å². The van der Waals surface area contributed by atoms with Gasteiger partial charge in [0, 0.05) is 35.6 Å². The van der Waals surface area contributed by atoms with Crippen LogP contribution in [0.5, 0.6) is 23.0 Å². The van der Waals surface area contributed by atoms with Gasteiger partial charge in [0.15, 0.2) is 23.1 Å². The minimum atomic E-state index is -0.762. The summed E-state index contributed by atoms with van der Waals surface area (Å²) in [6, 6.07) is 17.2. The lowest BCUT2D eigenvalue weighted by molar-refractivity contribution is -0.119. The van der Waals surface area contributed by atoms with Crippen LogP contribution in [0, 0.1) is 17.6 Å². The van der Waals surface area contributed by atoms with E-state index in [1.165, 1.54) is 68.0 Å². The minimum absolute atomic E-state index is 0.0944. The van der Waals surface area contributed by atoms with E-state index >= 15 is 4.39 Å². The molecule has 0 spiro atoms. The third kappa shape index (κ3) is 7.68. The summed E-state index contributed by atoms with van der Waals surface area (Å²) in [7, 11) is 1.52. The van der Waals surface area contributed by atoms with E-state index in [4.69, 9.17) is 19.9 Å². The summed E-state index contributed by atoms with van der Waals surface area (Å²) in [6.45, 7) is 2.25. The van der Waals surface area contributed by atoms with Gasteiger partial charge in [-0.15, -0.1) is 0 Å². The van der Waals surface area contributed by atoms with E-state index in [2.05, 4.69) is 10.3 Å². The van der Waals surface area contributed by atoms with Gasteiger partial charge in [-0.1, -0.05) is 6.07 Å². The standard InChI is InChI=1S/C36H33F2N5O6/c1-47-32-18-27-29(19-33(32)48-21-22-10-14-42(15-11-22)20-34(39)44)40-12-9-30(27)49-31-8-7-24(17-28(31)38)41-35(45)26-6-3-13-43(36(26)46)25-5-2-4-23(37)16-25/h2-9,12-13,16-19,22H,10-11,14-15,20-21H2,1H3,(H2,39,44)(H,41,45). The molecular weight excluding hydrogens is 636 g/mol. The summed E-state index contributed by atoms with van der Waals surface area (Å²) in [5.41, 5.74) is 5.33. The smallest absolute Gasteiger partial charge is 0.267 e. The van der Waals surface area contributed by atoms with Crippen molar-refractivity contribution in [1.29, 1.82) is 0 Å². The Kier molecular flexibility index (Phi) is 9.81. The number of hydrogen-bond donors (Lipinski definition) is 2. The van der Waals surface area contributed by atoms with Crippen LogP contribution < -0.4 is 30.8 Å². The number of piperidine rings is 1. The van der Waals surface area contributed by atoms with E-state index in [0.717, 1.165) is 36.6 Å². The number of nitrogens with one attached hydrogen (secondary N) is 1. The van der Waals surface area contributed by atoms with Crippen LogP contribution in [0.3, 0.4) is 0 Å². The number of carbonyl (C=O) groups excluding carboxylic acids is 2. The molecule has 3 aromatic carbocycles. The molecule has 252 valence electrons. The molecule has 0 radical (unpaired) electrons. The lowest BCUT2D eigenvalue weighted by Gasteiger charge is -2.31. The van der Waals surface area contributed by atoms with Crippen LogP contribution in [-0.4, -0.2) is 59.6 Å². The van der Waals surface area contributed by atoms with Gasteiger partial charge in [-0.2, -0.15) is 0 Å². The highest BCUT2D eigenvalue weighted by molar-refractivity contribution is 6.04. The van der Waals surface area contributed by atoms with E-state index in [1.54, 1.807) is 18.2 Å². The second-order valence-electron chi connectivity index (χ2n) is 11.6. The van der Waals surface area contributed by atoms with Crippen molar-refractivity contribution in [1.82, 2.24) is 14.5 Å². The predicted molar refractivity (Wildman–Crippen MR) is 179 cm³/mol. The molecule has 0 unspecified atom stereocenters. The molecule has 1 fully saturated rings. The number of primary amides is 1. The van der Waals surface area contributed by atoms with Crippen molar-refractivity contribution < 1.29 is 32.6 Å². The lowest BCUT2D eigenvalue weighted by Crippen LogP contribution is -2.40. The molecule has 0 saturated carbocycles. The monoisotopic (exact) mass is 669 g/mol. The number of aromatic nitrogens is 2. The first-order chi connectivity index (χ1) is 23.7. The van der Waals surface area contributed by atoms with Crippen LogP contribution in [0.25, 0.3) is 16.6 Å². The summed E-state index contributed by atoms with van der Waals surface area (Å²) < 4.78 is 47.9. The molecular formula is C36H33F2N5O6. The van der Waals surface area contributed by atoms with Crippen LogP contribution in [0.4, 0.5) is 14.5 Å². The molecule has 2 aromatic heterocycles. The predicted octanol–water partition coefficient (Wildman–Crippen LogP) is 5.29. The lowest BCUT2D eigenvalue weighted by atomic mass is 9.98. The molecule has 5 aromatic rings. The number of nitrogens with zero attached hydrogens (tertiary/aromatic N) is 3. The molecule has 6 rings (SSSR count). The minimum Gasteiger partial charge on any atom is -0.493 e. The zero-order chi connectivity index (χ0) is 34.5. The maximum atomic E-state index is 15.3. The number of anilines is 1. The highest BCUT2D eigenvalue weighted by Gasteiger charge is 2.22. The Hall–Kier alpha value is -5.82. The van der Waals surface area contributed by atoms with Crippen molar-refractivity contribution >= 4 is 28.4 Å². The van der Waals surface area contributed by atoms with Crippen molar-refractivity contribution in [2.45, 2.75) is 12.8 Å². The number of nitrogens with two attached hydrogens (primary N) is 1. The first-order valence-electron chi connectivity index (χ1n) is 15.5. The number of carbonyl (C=O) groups is 2. The number of benzene rings is 3. The molecule has 49 heavy (non-hydrogen) atoms. The summed E-state index contributed by atoms with van der Waals surface area (Å²) in [4.78, 5) is 43.7. The average molecular weight is 670 g/mol. The van der Waals surface area contributed by atoms with E-state index in [1.807, 2.05) is 4.90 Å². The molecule has 0 aliphatic carbocycles. The number of fused-ring (bicyclic) bond motifs is 1. The molecule has 3 N–H and O–H groups in total. The zero-order valence-electron chi connectivity index (χ0n) is 26.5. The van der Waals surface area contributed by atoms with Gasteiger partial charge in [0.2, 0.25) is 5.91 Å². The molecule has 11 nitrogen and oxygen atoms in total. The van der Waals surface area contributed by atoms with E-state index < -0.39 is 23.1 Å². The quantitative estimate of drug-likeness (QED) is 0.194. The second-order valence-corrected chi connectivity index (χ2v) is 11.6. The highest BCUT2D eigenvalue weighted by atomic mass is 19.1. The molecule has 1 aliphatic rings. The van der Waals surface area contributed by atoms with E-state index in [-0.39, 0.29) is 35.1 Å². The van der Waals surface area contributed by atoms with Crippen LogP contribution in [0.15, 0.2) is 90.0 Å². The highest BCUT2D eigenvalue weighted by Crippen LogP contribution is 2.38. The van der Waals surface area contributed by atoms with Gasteiger partial charge < -0.3 is 25.3 Å². The largest absolute Gasteiger partial charge is 0.493 e. The summed E-state index contributed by atoms with van der Waals surface area (Å²) >= 11 is 0. The first kappa shape index (κ1) is 33.1. The number of likely N-dealkylation sites (tertiary alicyclic amines) is 1. The van der Waals surface area contributed by atoms with Gasteiger partial charge in [-0.05, 0) is 86.4 Å². The first-order valence-corrected chi connectivity index (χ1v) is 15.5. The molecule has 0 atom stereocenters. The molecule has 3 heterocycles. The molecule has 1 aliphatic heterocycles. The summed E-state index contributed by atoms with van der Waals surface area (Å²) in [5.74, 6) is -0.928. The Bertz CT molecular complexity index is 2080. The molecule has 13 heteroatoms. The molecule has 1 saturated heterocycles. The van der Waals surface area contributed by atoms with Gasteiger partial charge in [-0.25, -0.2) is 8.78 Å². The van der Waals surface area contributed by atoms with Gasteiger partial charge >= 0.3 is 0 Å².